The molecular formula is C10H12BrNO. The fourth-order valence-electron chi connectivity index (χ4n) is 1.13. The Labute approximate surface area is 86.6 Å². The Hall–Kier alpha value is -0.960. The van der Waals surface area contributed by atoms with E-state index in [0.717, 1.165) is 10.2 Å². The van der Waals surface area contributed by atoms with Crippen molar-refractivity contribution in [3.05, 3.63) is 35.3 Å². The molecule has 0 aliphatic heterocycles. The van der Waals surface area contributed by atoms with Gasteiger partial charge in [0.1, 0.15) is 5.75 Å². The summed E-state index contributed by atoms with van der Waals surface area (Å²) in [7, 11) is 1.90. The summed E-state index contributed by atoms with van der Waals surface area (Å²) in [5, 5.41) is 9.51. The Morgan fingerprint density at radius 2 is 2.15 bits per heavy atom. The predicted molar refractivity (Wildman–Crippen MR) is 59.4 cm³/mol. The van der Waals surface area contributed by atoms with Crippen molar-refractivity contribution in [1.82, 2.24) is 0 Å². The average molecular weight is 242 g/mol. The molecule has 0 aromatic heterocycles. The number of hydrogen-bond donors (Lipinski definition) is 1. The van der Waals surface area contributed by atoms with Crippen molar-refractivity contribution in [2.45, 2.75) is 0 Å². The van der Waals surface area contributed by atoms with E-state index in [-0.39, 0.29) is 0 Å². The van der Waals surface area contributed by atoms with E-state index in [2.05, 4.69) is 22.5 Å². The summed E-state index contributed by atoms with van der Waals surface area (Å²) in [6, 6.07) is 7.23. The maximum atomic E-state index is 9.51. The highest BCUT2D eigenvalue weighted by Gasteiger charge is 2.05. The van der Waals surface area contributed by atoms with Gasteiger partial charge in [-0.1, -0.05) is 34.6 Å². The second kappa shape index (κ2) is 4.33. The van der Waals surface area contributed by atoms with Crippen LogP contribution in [0.25, 0.3) is 0 Å². The third kappa shape index (κ3) is 2.77. The van der Waals surface area contributed by atoms with Crippen molar-refractivity contribution in [3.63, 3.8) is 0 Å². The molecule has 0 spiro atoms. The van der Waals surface area contributed by atoms with Crippen molar-refractivity contribution in [3.8, 4) is 5.75 Å². The number of phenolic OH excluding ortho intramolecular Hbond substituents is 1. The van der Waals surface area contributed by atoms with Crippen LogP contribution in [0.5, 0.6) is 5.75 Å². The van der Waals surface area contributed by atoms with Gasteiger partial charge in [0, 0.05) is 18.1 Å². The van der Waals surface area contributed by atoms with Crippen LogP contribution in [0.4, 0.5) is 5.69 Å². The maximum absolute atomic E-state index is 9.51. The molecule has 1 aromatic rings. The molecule has 0 bridgehead atoms. The van der Waals surface area contributed by atoms with Gasteiger partial charge in [-0.2, -0.15) is 0 Å². The SMILES string of the molecule is C=C(Br)CN(C)c1ccccc1O. The van der Waals surface area contributed by atoms with E-state index < -0.39 is 0 Å². The Kier molecular flexibility index (Phi) is 3.37. The molecule has 0 fully saturated rings. The van der Waals surface area contributed by atoms with E-state index >= 15 is 0 Å². The van der Waals surface area contributed by atoms with Gasteiger partial charge in [0.15, 0.2) is 0 Å². The highest BCUT2D eigenvalue weighted by molar-refractivity contribution is 9.11. The molecule has 0 saturated carbocycles. The monoisotopic (exact) mass is 241 g/mol. The van der Waals surface area contributed by atoms with Crippen molar-refractivity contribution in [2.24, 2.45) is 0 Å². The van der Waals surface area contributed by atoms with E-state index in [1.165, 1.54) is 0 Å². The fourth-order valence-corrected chi connectivity index (χ4v) is 1.51. The van der Waals surface area contributed by atoms with Crippen LogP contribution < -0.4 is 4.90 Å². The lowest BCUT2D eigenvalue weighted by molar-refractivity contribution is 0.475. The largest absolute Gasteiger partial charge is 0.506 e. The molecule has 1 rings (SSSR count). The standard InChI is InChI=1S/C10H12BrNO/c1-8(11)7-12(2)9-5-3-4-6-10(9)13/h3-6,13H,1,7H2,2H3. The molecule has 70 valence electrons. The van der Waals surface area contributed by atoms with Gasteiger partial charge in [-0.05, 0) is 12.1 Å². The predicted octanol–water partition coefficient (Wildman–Crippen LogP) is 2.74. The molecule has 0 aliphatic rings. The zero-order valence-electron chi connectivity index (χ0n) is 7.50. The lowest BCUT2D eigenvalue weighted by atomic mass is 10.2. The summed E-state index contributed by atoms with van der Waals surface area (Å²) in [5.74, 6) is 0.291. The van der Waals surface area contributed by atoms with Crippen LogP contribution in [0.15, 0.2) is 35.3 Å². The molecular weight excluding hydrogens is 230 g/mol. The first-order valence-electron chi connectivity index (χ1n) is 3.93. The quantitative estimate of drug-likeness (QED) is 0.880. The maximum Gasteiger partial charge on any atom is 0.138 e. The second-order valence-electron chi connectivity index (χ2n) is 2.86. The summed E-state index contributed by atoms with van der Waals surface area (Å²) in [6.07, 6.45) is 0. The molecule has 1 N–H and O–H groups in total. The molecule has 0 saturated heterocycles. The number of phenols is 1. The zero-order chi connectivity index (χ0) is 9.84. The fraction of sp³-hybridized carbons (Fsp3) is 0.200. The summed E-state index contributed by atoms with van der Waals surface area (Å²) < 4.78 is 0.887. The Morgan fingerprint density at radius 3 is 2.69 bits per heavy atom. The molecule has 0 amide bonds. The highest BCUT2D eigenvalue weighted by Crippen LogP contribution is 2.25. The number of halogens is 1. The van der Waals surface area contributed by atoms with Gasteiger partial charge in [0.05, 0.1) is 5.69 Å². The first-order chi connectivity index (χ1) is 6.11. The van der Waals surface area contributed by atoms with E-state index in [1.807, 2.05) is 24.1 Å². The molecule has 0 heterocycles. The summed E-state index contributed by atoms with van der Waals surface area (Å²) >= 11 is 3.28. The van der Waals surface area contributed by atoms with Gasteiger partial charge in [-0.25, -0.2) is 0 Å². The molecule has 13 heavy (non-hydrogen) atoms. The average Bonchev–Trinajstić information content (AvgIpc) is 2.03. The van der Waals surface area contributed by atoms with Crippen LogP contribution in [0.2, 0.25) is 0 Å². The lowest BCUT2D eigenvalue weighted by Crippen LogP contribution is -2.18. The second-order valence-corrected chi connectivity index (χ2v) is 3.98. The minimum atomic E-state index is 0.291. The third-order valence-electron chi connectivity index (χ3n) is 1.70. The van der Waals surface area contributed by atoms with Gasteiger partial charge in [0.25, 0.3) is 0 Å². The van der Waals surface area contributed by atoms with Crippen LogP contribution in [-0.4, -0.2) is 18.7 Å². The van der Waals surface area contributed by atoms with Crippen LogP contribution >= 0.6 is 15.9 Å². The molecule has 2 nitrogen and oxygen atoms in total. The molecule has 3 heteroatoms. The number of likely N-dealkylation sites (N-methyl/N-ethyl adjacent to an activating group) is 1. The van der Waals surface area contributed by atoms with Crippen molar-refractivity contribution >= 4 is 21.6 Å². The van der Waals surface area contributed by atoms with E-state index in [0.29, 0.717) is 12.3 Å². The number of hydrogen-bond acceptors (Lipinski definition) is 2. The van der Waals surface area contributed by atoms with Gasteiger partial charge < -0.3 is 10.0 Å². The minimum absolute atomic E-state index is 0.291. The van der Waals surface area contributed by atoms with Crippen LogP contribution in [0.1, 0.15) is 0 Å². The van der Waals surface area contributed by atoms with Crippen LogP contribution in [0.3, 0.4) is 0 Å². The Morgan fingerprint density at radius 1 is 1.54 bits per heavy atom. The van der Waals surface area contributed by atoms with Crippen LogP contribution in [0, 0.1) is 0 Å². The van der Waals surface area contributed by atoms with Gasteiger partial charge in [0.2, 0.25) is 0 Å². The molecule has 0 radical (unpaired) electrons. The Balaban J connectivity index is 2.82. The number of nitrogens with zero attached hydrogens (tertiary/aromatic N) is 1. The first-order valence-corrected chi connectivity index (χ1v) is 4.73. The number of para-hydroxylation sites is 2. The molecule has 0 aliphatic carbocycles. The number of rotatable bonds is 3. The highest BCUT2D eigenvalue weighted by atomic mass is 79.9. The molecule has 0 unspecified atom stereocenters. The van der Waals surface area contributed by atoms with Crippen molar-refractivity contribution in [1.29, 1.82) is 0 Å². The number of benzene rings is 1. The van der Waals surface area contributed by atoms with E-state index in [9.17, 15) is 5.11 Å². The van der Waals surface area contributed by atoms with Crippen molar-refractivity contribution < 1.29 is 5.11 Å². The van der Waals surface area contributed by atoms with Gasteiger partial charge in [-0.3, -0.25) is 0 Å². The Bertz CT molecular complexity index is 312. The van der Waals surface area contributed by atoms with Crippen LogP contribution in [-0.2, 0) is 0 Å². The normalized spacial score (nSPS) is 9.69. The van der Waals surface area contributed by atoms with Gasteiger partial charge >= 0.3 is 0 Å². The topological polar surface area (TPSA) is 23.5 Å². The third-order valence-corrected chi connectivity index (χ3v) is 1.95. The minimum Gasteiger partial charge on any atom is -0.506 e. The smallest absolute Gasteiger partial charge is 0.138 e. The van der Waals surface area contributed by atoms with Gasteiger partial charge in [-0.15, -0.1) is 0 Å². The first kappa shape index (κ1) is 10.1. The summed E-state index contributed by atoms with van der Waals surface area (Å²) in [4.78, 5) is 1.92. The molecule has 0 atom stereocenters. The molecule has 1 aromatic carbocycles. The van der Waals surface area contributed by atoms with Crippen molar-refractivity contribution in [2.75, 3.05) is 18.5 Å². The summed E-state index contributed by atoms with van der Waals surface area (Å²) in [6.45, 7) is 4.42. The van der Waals surface area contributed by atoms with E-state index in [1.54, 1.807) is 12.1 Å². The van der Waals surface area contributed by atoms with E-state index in [4.69, 9.17) is 0 Å². The number of anilines is 1. The summed E-state index contributed by atoms with van der Waals surface area (Å²) in [5.41, 5.74) is 0.808. The number of aromatic hydroxyl groups is 1. The zero-order valence-corrected chi connectivity index (χ0v) is 9.08. The lowest BCUT2D eigenvalue weighted by Gasteiger charge is -2.19.